The Hall–Kier alpha value is -0.570. The summed E-state index contributed by atoms with van der Waals surface area (Å²) in [7, 11) is 0. The first-order valence-electron chi connectivity index (χ1n) is 6.68. The molecule has 0 amide bonds. The zero-order valence-electron chi connectivity index (χ0n) is 11.6. The number of hydrogen-bond acceptors (Lipinski definition) is 2. The normalized spacial score (nSPS) is 12.9. The van der Waals surface area contributed by atoms with Gasteiger partial charge in [-0.1, -0.05) is 43.6 Å². The Kier molecular flexibility index (Phi) is 7.33. The molecule has 0 aliphatic rings. The third-order valence-corrected chi connectivity index (χ3v) is 3.16. The number of halogens is 1. The smallest absolute Gasteiger partial charge is 0.0547 e. The second kappa shape index (κ2) is 8.52. The van der Waals surface area contributed by atoms with Gasteiger partial charge in [-0.05, 0) is 31.0 Å². The van der Waals surface area contributed by atoms with Crippen LogP contribution in [0, 0.1) is 5.92 Å². The lowest BCUT2D eigenvalue weighted by atomic mass is 9.99. The van der Waals surface area contributed by atoms with Crippen LogP contribution >= 0.6 is 11.6 Å². The first-order valence-corrected chi connectivity index (χ1v) is 7.05. The molecule has 2 nitrogen and oxygen atoms in total. The van der Waals surface area contributed by atoms with Crippen molar-refractivity contribution in [3.63, 3.8) is 0 Å². The summed E-state index contributed by atoms with van der Waals surface area (Å²) in [6.45, 7) is 9.82. The number of rotatable bonds is 8. The maximum Gasteiger partial charge on any atom is 0.0547 e. The van der Waals surface area contributed by atoms with Crippen molar-refractivity contribution < 1.29 is 4.74 Å². The summed E-state index contributed by atoms with van der Waals surface area (Å²) in [4.78, 5) is 0. The molecule has 0 aliphatic carbocycles. The molecule has 0 saturated heterocycles. The molecule has 0 spiro atoms. The van der Waals surface area contributed by atoms with Gasteiger partial charge >= 0.3 is 0 Å². The van der Waals surface area contributed by atoms with Gasteiger partial charge in [0.05, 0.1) is 6.61 Å². The molecule has 0 saturated carbocycles. The summed E-state index contributed by atoms with van der Waals surface area (Å²) < 4.78 is 5.56. The Morgan fingerprint density at radius 1 is 1.22 bits per heavy atom. The fourth-order valence-corrected chi connectivity index (χ4v) is 2.16. The lowest BCUT2D eigenvalue weighted by Crippen LogP contribution is -2.28. The molecule has 1 N–H and O–H groups in total. The number of benzene rings is 1. The quantitative estimate of drug-likeness (QED) is 0.777. The average Bonchev–Trinajstić information content (AvgIpc) is 2.34. The van der Waals surface area contributed by atoms with Crippen LogP contribution in [0.25, 0.3) is 0 Å². The molecular weight excluding hydrogens is 246 g/mol. The predicted octanol–water partition coefficient (Wildman–Crippen LogP) is 3.71. The van der Waals surface area contributed by atoms with E-state index in [2.05, 4.69) is 25.2 Å². The number of hydrogen-bond donors (Lipinski definition) is 1. The molecule has 1 aromatic rings. The van der Waals surface area contributed by atoms with Crippen molar-refractivity contribution in [2.45, 2.75) is 26.7 Å². The standard InChI is InChI=1S/C15H24ClNO/c1-4-18-11-13(10-17-9-12(2)3)14-7-5-6-8-15(14)16/h5-8,12-13,17H,4,9-11H2,1-3H3. The van der Waals surface area contributed by atoms with Gasteiger partial charge in [-0.15, -0.1) is 0 Å². The molecule has 0 aliphatic heterocycles. The van der Waals surface area contributed by atoms with Crippen LogP contribution in [0.5, 0.6) is 0 Å². The summed E-state index contributed by atoms with van der Waals surface area (Å²) >= 11 is 6.26. The summed E-state index contributed by atoms with van der Waals surface area (Å²) in [5, 5.41) is 4.31. The van der Waals surface area contributed by atoms with E-state index in [1.54, 1.807) is 0 Å². The number of nitrogens with one attached hydrogen (secondary N) is 1. The van der Waals surface area contributed by atoms with Gasteiger partial charge in [-0.25, -0.2) is 0 Å². The van der Waals surface area contributed by atoms with Gasteiger partial charge in [0.25, 0.3) is 0 Å². The van der Waals surface area contributed by atoms with Crippen molar-refractivity contribution >= 4 is 11.6 Å². The Morgan fingerprint density at radius 2 is 1.94 bits per heavy atom. The van der Waals surface area contributed by atoms with Crippen LogP contribution in [-0.2, 0) is 4.74 Å². The SMILES string of the molecule is CCOCC(CNCC(C)C)c1ccccc1Cl. The fourth-order valence-electron chi connectivity index (χ4n) is 1.87. The van der Waals surface area contributed by atoms with Gasteiger partial charge < -0.3 is 10.1 Å². The highest BCUT2D eigenvalue weighted by Crippen LogP contribution is 2.24. The molecule has 3 heteroatoms. The van der Waals surface area contributed by atoms with Crippen LogP contribution in [0.2, 0.25) is 5.02 Å². The summed E-state index contributed by atoms with van der Waals surface area (Å²) in [5.41, 5.74) is 1.17. The van der Waals surface area contributed by atoms with E-state index in [1.165, 1.54) is 5.56 Å². The zero-order valence-corrected chi connectivity index (χ0v) is 12.3. The van der Waals surface area contributed by atoms with E-state index in [0.29, 0.717) is 18.4 Å². The van der Waals surface area contributed by atoms with Crippen molar-refractivity contribution in [3.05, 3.63) is 34.9 Å². The van der Waals surface area contributed by atoms with Crippen LogP contribution in [-0.4, -0.2) is 26.3 Å². The van der Waals surface area contributed by atoms with Crippen molar-refractivity contribution in [2.24, 2.45) is 5.92 Å². The van der Waals surface area contributed by atoms with Crippen LogP contribution in [0.3, 0.4) is 0 Å². The number of ether oxygens (including phenoxy) is 1. The monoisotopic (exact) mass is 269 g/mol. The first kappa shape index (κ1) is 15.5. The highest BCUT2D eigenvalue weighted by Gasteiger charge is 2.14. The van der Waals surface area contributed by atoms with Crippen LogP contribution in [0.15, 0.2) is 24.3 Å². The Morgan fingerprint density at radius 3 is 2.56 bits per heavy atom. The van der Waals surface area contributed by atoms with Crippen LogP contribution in [0.1, 0.15) is 32.3 Å². The van der Waals surface area contributed by atoms with Crippen LogP contribution in [0.4, 0.5) is 0 Å². The second-order valence-electron chi connectivity index (χ2n) is 4.93. The van der Waals surface area contributed by atoms with E-state index in [4.69, 9.17) is 16.3 Å². The highest BCUT2D eigenvalue weighted by molar-refractivity contribution is 6.31. The Balaban J connectivity index is 2.62. The minimum atomic E-state index is 0.317. The van der Waals surface area contributed by atoms with Crippen molar-refractivity contribution in [1.29, 1.82) is 0 Å². The van der Waals surface area contributed by atoms with Gasteiger partial charge in [0.15, 0.2) is 0 Å². The highest BCUT2D eigenvalue weighted by atomic mass is 35.5. The molecule has 102 valence electrons. The molecule has 18 heavy (non-hydrogen) atoms. The molecule has 0 radical (unpaired) electrons. The molecule has 0 bridgehead atoms. The predicted molar refractivity (Wildman–Crippen MR) is 78.4 cm³/mol. The van der Waals surface area contributed by atoms with E-state index in [-0.39, 0.29) is 0 Å². The Bertz CT molecular complexity index is 341. The lowest BCUT2D eigenvalue weighted by Gasteiger charge is -2.20. The van der Waals surface area contributed by atoms with Crippen molar-refractivity contribution in [1.82, 2.24) is 5.32 Å². The molecule has 0 fully saturated rings. The van der Waals surface area contributed by atoms with E-state index in [9.17, 15) is 0 Å². The fraction of sp³-hybridized carbons (Fsp3) is 0.600. The largest absolute Gasteiger partial charge is 0.381 e. The average molecular weight is 270 g/mol. The second-order valence-corrected chi connectivity index (χ2v) is 5.34. The molecular formula is C15H24ClNO. The molecule has 1 unspecified atom stereocenters. The molecule has 0 aromatic heterocycles. The topological polar surface area (TPSA) is 21.3 Å². The molecule has 1 rings (SSSR count). The third kappa shape index (κ3) is 5.38. The minimum absolute atomic E-state index is 0.317. The first-order chi connectivity index (χ1) is 8.65. The van der Waals surface area contributed by atoms with Gasteiger partial charge in [0.2, 0.25) is 0 Å². The van der Waals surface area contributed by atoms with Gasteiger partial charge in [-0.3, -0.25) is 0 Å². The van der Waals surface area contributed by atoms with Crippen LogP contribution < -0.4 is 5.32 Å². The summed E-state index contributed by atoms with van der Waals surface area (Å²) in [6.07, 6.45) is 0. The third-order valence-electron chi connectivity index (χ3n) is 2.81. The molecule has 1 aromatic carbocycles. The lowest BCUT2D eigenvalue weighted by molar-refractivity contribution is 0.131. The summed E-state index contributed by atoms with van der Waals surface area (Å²) in [6, 6.07) is 8.02. The van der Waals surface area contributed by atoms with E-state index < -0.39 is 0 Å². The Labute approximate surface area is 116 Å². The van der Waals surface area contributed by atoms with E-state index >= 15 is 0 Å². The molecule has 1 atom stereocenters. The maximum atomic E-state index is 6.26. The van der Waals surface area contributed by atoms with Gasteiger partial charge in [0, 0.05) is 24.1 Å². The van der Waals surface area contributed by atoms with E-state index in [0.717, 1.165) is 24.7 Å². The maximum absolute atomic E-state index is 6.26. The minimum Gasteiger partial charge on any atom is -0.381 e. The van der Waals surface area contributed by atoms with Gasteiger partial charge in [0.1, 0.15) is 0 Å². The van der Waals surface area contributed by atoms with E-state index in [1.807, 2.05) is 25.1 Å². The van der Waals surface area contributed by atoms with Gasteiger partial charge in [-0.2, -0.15) is 0 Å². The zero-order chi connectivity index (χ0) is 13.4. The molecule has 0 heterocycles. The summed E-state index contributed by atoms with van der Waals surface area (Å²) in [5.74, 6) is 0.974. The van der Waals surface area contributed by atoms with Crippen molar-refractivity contribution in [3.8, 4) is 0 Å². The van der Waals surface area contributed by atoms with Crippen molar-refractivity contribution in [2.75, 3.05) is 26.3 Å².